The van der Waals surface area contributed by atoms with E-state index in [0.717, 1.165) is 21.7 Å². The molecule has 0 aliphatic carbocycles. The van der Waals surface area contributed by atoms with Crippen molar-refractivity contribution in [2.75, 3.05) is 5.32 Å². The number of anilines is 1. The molecule has 0 radical (unpaired) electrons. The highest BCUT2D eigenvalue weighted by Crippen LogP contribution is 2.29. The third-order valence-corrected chi connectivity index (χ3v) is 2.89. The molecule has 1 aromatic heterocycles. The summed E-state index contributed by atoms with van der Waals surface area (Å²) in [6.07, 6.45) is -4.30. The van der Waals surface area contributed by atoms with E-state index < -0.39 is 11.7 Å². The van der Waals surface area contributed by atoms with E-state index in [1.54, 1.807) is 0 Å². The highest BCUT2D eigenvalue weighted by molar-refractivity contribution is 14.1. The lowest BCUT2D eigenvalue weighted by molar-refractivity contribution is -0.137. The molecule has 0 saturated heterocycles. The van der Waals surface area contributed by atoms with E-state index in [1.807, 2.05) is 34.7 Å². The van der Waals surface area contributed by atoms with Gasteiger partial charge in [-0.3, -0.25) is 0 Å². The minimum atomic E-state index is -4.30. The van der Waals surface area contributed by atoms with Crippen LogP contribution in [0.3, 0.4) is 0 Å². The lowest BCUT2D eigenvalue weighted by Gasteiger charge is -2.08. The molecule has 1 heterocycles. The number of rotatable bonds is 3. The van der Waals surface area contributed by atoms with E-state index in [9.17, 15) is 13.2 Å². The van der Waals surface area contributed by atoms with Crippen LogP contribution in [0.25, 0.3) is 0 Å². The third kappa shape index (κ3) is 3.41. The van der Waals surface area contributed by atoms with Crippen molar-refractivity contribution in [3.63, 3.8) is 0 Å². The molecule has 0 atom stereocenters. The SMILES string of the molecule is FC(F)(F)c1ccc(NCc2ccc(I)o2)cc1. The fraction of sp³-hybridized carbons (Fsp3) is 0.167. The Kier molecular flexibility index (Phi) is 3.84. The Hall–Kier alpha value is -1.18. The van der Waals surface area contributed by atoms with Crippen LogP contribution in [0.2, 0.25) is 0 Å². The average molecular weight is 367 g/mol. The zero-order valence-electron chi connectivity index (χ0n) is 9.09. The van der Waals surface area contributed by atoms with Gasteiger partial charge >= 0.3 is 6.18 Å². The summed E-state index contributed by atoms with van der Waals surface area (Å²) in [5, 5.41) is 2.99. The van der Waals surface area contributed by atoms with Crippen molar-refractivity contribution in [3.8, 4) is 0 Å². The maximum absolute atomic E-state index is 12.3. The fourth-order valence-electron chi connectivity index (χ4n) is 1.41. The van der Waals surface area contributed by atoms with Crippen molar-refractivity contribution in [2.24, 2.45) is 0 Å². The summed E-state index contributed by atoms with van der Waals surface area (Å²) >= 11 is 2.05. The first-order valence-electron chi connectivity index (χ1n) is 5.10. The Labute approximate surface area is 115 Å². The lowest BCUT2D eigenvalue weighted by Crippen LogP contribution is -2.05. The molecule has 96 valence electrons. The molecule has 0 bridgehead atoms. The van der Waals surface area contributed by atoms with E-state index in [2.05, 4.69) is 5.32 Å². The van der Waals surface area contributed by atoms with E-state index in [1.165, 1.54) is 12.1 Å². The van der Waals surface area contributed by atoms with Gasteiger partial charge in [-0.15, -0.1) is 0 Å². The smallest absolute Gasteiger partial charge is 0.416 e. The summed E-state index contributed by atoms with van der Waals surface area (Å²) in [5.74, 6) is 0.735. The second kappa shape index (κ2) is 5.21. The van der Waals surface area contributed by atoms with Crippen LogP contribution in [0, 0.1) is 3.77 Å². The minimum Gasteiger partial charge on any atom is -0.454 e. The molecule has 6 heteroatoms. The molecule has 18 heavy (non-hydrogen) atoms. The first kappa shape index (κ1) is 13.3. The molecule has 2 nitrogen and oxygen atoms in total. The Bertz CT molecular complexity index is 519. The van der Waals surface area contributed by atoms with Crippen LogP contribution in [-0.4, -0.2) is 0 Å². The van der Waals surface area contributed by atoms with Crippen LogP contribution in [0.1, 0.15) is 11.3 Å². The quantitative estimate of drug-likeness (QED) is 0.808. The Morgan fingerprint density at radius 3 is 2.22 bits per heavy atom. The normalized spacial score (nSPS) is 11.6. The molecule has 2 aromatic rings. The van der Waals surface area contributed by atoms with E-state index >= 15 is 0 Å². The van der Waals surface area contributed by atoms with Gasteiger partial charge in [0.2, 0.25) is 0 Å². The van der Waals surface area contributed by atoms with Gasteiger partial charge in [0.15, 0.2) is 3.77 Å². The summed E-state index contributed by atoms with van der Waals surface area (Å²) in [5.41, 5.74) is -0.0324. The van der Waals surface area contributed by atoms with Crippen molar-refractivity contribution >= 4 is 28.3 Å². The molecule has 0 amide bonds. The molecule has 0 aliphatic heterocycles. The maximum Gasteiger partial charge on any atom is 0.416 e. The average Bonchev–Trinajstić information content (AvgIpc) is 2.72. The van der Waals surface area contributed by atoms with Crippen molar-refractivity contribution < 1.29 is 17.6 Å². The van der Waals surface area contributed by atoms with Gasteiger partial charge in [0.25, 0.3) is 0 Å². The van der Waals surface area contributed by atoms with E-state index in [0.29, 0.717) is 12.2 Å². The number of hydrogen-bond acceptors (Lipinski definition) is 2. The van der Waals surface area contributed by atoms with Gasteiger partial charge in [-0.25, -0.2) is 0 Å². The Morgan fingerprint density at radius 2 is 1.72 bits per heavy atom. The van der Waals surface area contributed by atoms with Crippen LogP contribution in [-0.2, 0) is 12.7 Å². The Morgan fingerprint density at radius 1 is 1.06 bits per heavy atom. The molecule has 0 aliphatic rings. The number of benzene rings is 1. The summed E-state index contributed by atoms with van der Waals surface area (Å²) in [7, 11) is 0. The van der Waals surface area contributed by atoms with Crippen LogP contribution in [0.4, 0.5) is 18.9 Å². The second-order valence-electron chi connectivity index (χ2n) is 3.63. The van der Waals surface area contributed by atoms with Gasteiger partial charge in [0, 0.05) is 5.69 Å². The molecule has 0 fully saturated rings. The lowest BCUT2D eigenvalue weighted by atomic mass is 10.2. The summed E-state index contributed by atoms with van der Waals surface area (Å²) in [6.45, 7) is 0.439. The zero-order chi connectivity index (χ0) is 13.2. The third-order valence-electron chi connectivity index (χ3n) is 2.31. The molecule has 1 N–H and O–H groups in total. The number of halogens is 4. The largest absolute Gasteiger partial charge is 0.454 e. The monoisotopic (exact) mass is 367 g/mol. The van der Waals surface area contributed by atoms with Crippen molar-refractivity contribution in [1.82, 2.24) is 0 Å². The predicted molar refractivity (Wildman–Crippen MR) is 70.2 cm³/mol. The molecule has 0 saturated carbocycles. The number of hydrogen-bond donors (Lipinski definition) is 1. The molecule has 2 rings (SSSR count). The van der Waals surface area contributed by atoms with Crippen LogP contribution >= 0.6 is 22.6 Å². The van der Waals surface area contributed by atoms with Gasteiger partial charge in [0.1, 0.15) is 5.76 Å². The van der Waals surface area contributed by atoms with Gasteiger partial charge in [-0.2, -0.15) is 13.2 Å². The van der Waals surface area contributed by atoms with E-state index in [-0.39, 0.29) is 0 Å². The fourth-order valence-corrected chi connectivity index (χ4v) is 1.88. The zero-order valence-corrected chi connectivity index (χ0v) is 11.2. The molecule has 1 aromatic carbocycles. The van der Waals surface area contributed by atoms with Gasteiger partial charge in [0.05, 0.1) is 12.1 Å². The molecular formula is C12H9F3INO. The molecular weight excluding hydrogens is 358 g/mol. The van der Waals surface area contributed by atoms with Crippen LogP contribution in [0.15, 0.2) is 40.8 Å². The first-order chi connectivity index (χ1) is 8.45. The van der Waals surface area contributed by atoms with E-state index in [4.69, 9.17) is 4.42 Å². The van der Waals surface area contributed by atoms with Crippen molar-refractivity contribution in [2.45, 2.75) is 12.7 Å². The van der Waals surface area contributed by atoms with Gasteiger partial charge in [-0.05, 0) is 59.0 Å². The summed E-state index contributed by atoms with van der Waals surface area (Å²) in [6, 6.07) is 8.54. The molecule has 0 spiro atoms. The topological polar surface area (TPSA) is 25.2 Å². The van der Waals surface area contributed by atoms with Crippen LogP contribution < -0.4 is 5.32 Å². The first-order valence-corrected chi connectivity index (χ1v) is 6.18. The molecule has 0 unspecified atom stereocenters. The van der Waals surface area contributed by atoms with Crippen LogP contribution in [0.5, 0.6) is 0 Å². The minimum absolute atomic E-state index is 0.439. The second-order valence-corrected chi connectivity index (χ2v) is 4.70. The predicted octanol–water partition coefficient (Wildman–Crippen LogP) is 4.52. The Balaban J connectivity index is 1.98. The van der Waals surface area contributed by atoms with Gasteiger partial charge in [-0.1, -0.05) is 0 Å². The summed E-state index contributed by atoms with van der Waals surface area (Å²) < 4.78 is 43.1. The number of nitrogens with one attached hydrogen (secondary N) is 1. The summed E-state index contributed by atoms with van der Waals surface area (Å²) in [4.78, 5) is 0. The van der Waals surface area contributed by atoms with Crippen molar-refractivity contribution in [1.29, 1.82) is 0 Å². The highest BCUT2D eigenvalue weighted by Gasteiger charge is 2.29. The maximum atomic E-state index is 12.3. The number of furan rings is 1. The van der Waals surface area contributed by atoms with Gasteiger partial charge < -0.3 is 9.73 Å². The standard InChI is InChI=1S/C12H9F3INO/c13-12(14,15)8-1-3-9(4-2-8)17-7-10-5-6-11(16)18-10/h1-6,17H,7H2. The highest BCUT2D eigenvalue weighted by atomic mass is 127. The van der Waals surface area contributed by atoms with Crippen molar-refractivity contribution in [3.05, 3.63) is 51.5 Å². The number of alkyl halides is 3.